The van der Waals surface area contributed by atoms with Crippen molar-refractivity contribution in [3.05, 3.63) is 143 Å². The van der Waals surface area contributed by atoms with Gasteiger partial charge in [0.25, 0.3) is 0 Å². The SMILES string of the molecule is CC(C)(C)OC(=O)CC[C@@H](CO)NC(=O)[C@H]1CCCN1C(=O)[C@@]12C[C@H]3OC(=O)[C@@H]1N(Cc1ccccc1C=CCc1ccccc1O)O[C@@H]2[C@H]1OC(c2ccccc2)(c2ccccc2)O[C@H]13. The average molecular weight is 900 g/mol. The minimum atomic E-state index is -1.57. The fourth-order valence-electron chi connectivity index (χ4n) is 10.4. The van der Waals surface area contributed by atoms with Gasteiger partial charge in [-0.15, -0.1) is 0 Å². The number of nitrogens with zero attached hydrogens (tertiary/aromatic N) is 2. The molecule has 1 aliphatic carbocycles. The number of allylic oxidation sites excluding steroid dienone is 1. The minimum absolute atomic E-state index is 0.0210. The molecule has 0 radical (unpaired) electrons. The Hall–Kier alpha value is -5.90. The number of aliphatic hydroxyl groups is 1. The molecule has 4 heterocycles. The molecule has 4 aromatic rings. The van der Waals surface area contributed by atoms with Crippen LogP contribution in [0, 0.1) is 5.41 Å². The lowest BCUT2D eigenvalue weighted by Gasteiger charge is -2.50. The fraction of sp³-hybridized carbons (Fsp3) is 0.423. The lowest BCUT2D eigenvalue weighted by molar-refractivity contribution is -0.214. The van der Waals surface area contributed by atoms with E-state index in [0.29, 0.717) is 30.4 Å². The molecule has 1 saturated carbocycles. The summed E-state index contributed by atoms with van der Waals surface area (Å²) >= 11 is 0. The zero-order valence-corrected chi connectivity index (χ0v) is 37.4. The quantitative estimate of drug-likeness (QED) is 0.132. The number of esters is 2. The smallest absolute Gasteiger partial charge is 0.327 e. The van der Waals surface area contributed by atoms with Crippen LogP contribution >= 0.6 is 0 Å². The van der Waals surface area contributed by atoms with Crippen molar-refractivity contribution in [1.82, 2.24) is 15.3 Å². The molecule has 8 atom stereocenters. The average Bonchev–Trinajstić information content (AvgIpc) is 4.06. The van der Waals surface area contributed by atoms with Gasteiger partial charge in [-0.1, -0.05) is 115 Å². The number of phenols is 1. The Kier molecular flexibility index (Phi) is 12.6. The van der Waals surface area contributed by atoms with E-state index in [1.165, 1.54) is 0 Å². The van der Waals surface area contributed by atoms with Gasteiger partial charge in [0.15, 0.2) is 6.04 Å². The number of amides is 2. The van der Waals surface area contributed by atoms with Gasteiger partial charge in [-0.3, -0.25) is 24.0 Å². The van der Waals surface area contributed by atoms with Crippen LogP contribution in [0.15, 0.2) is 115 Å². The molecule has 5 aliphatic rings. The van der Waals surface area contributed by atoms with Crippen molar-refractivity contribution in [1.29, 1.82) is 0 Å². The summed E-state index contributed by atoms with van der Waals surface area (Å²) < 4.78 is 26.0. The number of para-hydroxylation sites is 1. The predicted octanol–water partition coefficient (Wildman–Crippen LogP) is 5.72. The number of phenolic OH excluding ortho intramolecular Hbond substituents is 1. The second-order valence-electron chi connectivity index (χ2n) is 18.8. The van der Waals surface area contributed by atoms with Crippen LogP contribution in [0.1, 0.15) is 80.7 Å². The van der Waals surface area contributed by atoms with E-state index in [4.69, 9.17) is 23.8 Å². The number of benzene rings is 4. The number of nitrogens with one attached hydrogen (secondary N) is 1. The van der Waals surface area contributed by atoms with Gasteiger partial charge in [-0.25, -0.2) is 0 Å². The van der Waals surface area contributed by atoms with E-state index in [1.54, 1.807) is 42.9 Å². The molecule has 9 rings (SSSR count). The largest absolute Gasteiger partial charge is 0.508 e. The van der Waals surface area contributed by atoms with E-state index < -0.39 is 89.7 Å². The van der Waals surface area contributed by atoms with Crippen LogP contribution < -0.4 is 5.32 Å². The van der Waals surface area contributed by atoms with Crippen molar-refractivity contribution in [3.63, 3.8) is 0 Å². The summed E-state index contributed by atoms with van der Waals surface area (Å²) in [6.07, 6.45) is 1.74. The Morgan fingerprint density at radius 1 is 0.894 bits per heavy atom. The van der Waals surface area contributed by atoms with Crippen molar-refractivity contribution in [3.8, 4) is 5.75 Å². The van der Waals surface area contributed by atoms with Crippen LogP contribution in [0.3, 0.4) is 0 Å². The summed E-state index contributed by atoms with van der Waals surface area (Å²) in [5.41, 5.74) is 1.60. The van der Waals surface area contributed by atoms with Gasteiger partial charge >= 0.3 is 11.9 Å². The zero-order chi connectivity index (χ0) is 46.2. The first-order chi connectivity index (χ1) is 31.8. The number of aromatic hydroxyl groups is 1. The monoisotopic (exact) mass is 899 g/mol. The van der Waals surface area contributed by atoms with Gasteiger partial charge in [-0.2, -0.15) is 5.06 Å². The first-order valence-electron chi connectivity index (χ1n) is 22.9. The van der Waals surface area contributed by atoms with Gasteiger partial charge in [-0.05, 0) is 69.2 Å². The molecule has 0 unspecified atom stereocenters. The minimum Gasteiger partial charge on any atom is -0.508 e. The third-order valence-corrected chi connectivity index (χ3v) is 13.4. The maximum absolute atomic E-state index is 15.8. The van der Waals surface area contributed by atoms with Crippen molar-refractivity contribution >= 4 is 29.8 Å². The Bertz CT molecular complexity index is 2420. The summed E-state index contributed by atoms with van der Waals surface area (Å²) in [6.45, 7) is 5.22. The maximum atomic E-state index is 15.8. The molecule has 2 amide bonds. The highest BCUT2D eigenvalue weighted by Crippen LogP contribution is 2.60. The molecule has 3 N–H and O–H groups in total. The first kappa shape index (κ1) is 45.3. The van der Waals surface area contributed by atoms with Crippen LogP contribution in [0.25, 0.3) is 6.08 Å². The Morgan fingerprint density at radius 2 is 1.55 bits per heavy atom. The van der Waals surface area contributed by atoms with Crippen LogP contribution in [-0.2, 0) is 61.7 Å². The van der Waals surface area contributed by atoms with Gasteiger partial charge in [0, 0.05) is 30.5 Å². The molecule has 4 aliphatic heterocycles. The molecule has 14 nitrogen and oxygen atoms in total. The van der Waals surface area contributed by atoms with Gasteiger partial charge < -0.3 is 39.4 Å². The van der Waals surface area contributed by atoms with Gasteiger partial charge in [0.1, 0.15) is 47.2 Å². The number of hydroxylamine groups is 2. The van der Waals surface area contributed by atoms with E-state index in [1.807, 2.05) is 109 Å². The summed E-state index contributed by atoms with van der Waals surface area (Å²) in [4.78, 5) is 65.8. The molecule has 0 aromatic heterocycles. The normalized spacial score (nSPS) is 27.0. The standard InChI is InChI=1S/C52H57N3O11/c1-50(2,3)63-42(58)28-27-38(32-56)53-47(59)39-25-15-29-54(39)49(61)51-30-41-43-44(65-52(64-43,36-21-6-4-7-22-36)37-23-8-5-9-24-37)46(51)66-55(45(51)48(60)62-41)31-35-18-11-10-16-33(35)19-14-20-34-17-12-13-26-40(34)57/h4-14,16-19,21-24,26,38-39,41,43-46,56-57H,15,20,25,27-32H2,1-3H3,(H,53,59)/t38-,39+,41+,43-,44-,45-,46+,51-/m0/s1. The van der Waals surface area contributed by atoms with Gasteiger partial charge in [0.2, 0.25) is 17.6 Å². The van der Waals surface area contributed by atoms with Crippen molar-refractivity contribution in [2.75, 3.05) is 13.2 Å². The third-order valence-electron chi connectivity index (χ3n) is 13.4. The van der Waals surface area contributed by atoms with Crippen LogP contribution in [0.2, 0.25) is 0 Å². The number of hydrogen-bond acceptors (Lipinski definition) is 12. The van der Waals surface area contributed by atoms with E-state index in [0.717, 1.165) is 16.7 Å². The molecule has 0 spiro atoms. The molecule has 346 valence electrons. The van der Waals surface area contributed by atoms with E-state index in [-0.39, 0.29) is 38.1 Å². The van der Waals surface area contributed by atoms with Crippen molar-refractivity contribution in [2.24, 2.45) is 5.41 Å². The number of carbonyl (C=O) groups is 4. The summed E-state index contributed by atoms with van der Waals surface area (Å²) in [5, 5.41) is 25.1. The number of likely N-dealkylation sites (tertiary alicyclic amines) is 1. The second kappa shape index (κ2) is 18.4. The molecular weight excluding hydrogens is 843 g/mol. The Morgan fingerprint density at radius 3 is 2.23 bits per heavy atom. The van der Waals surface area contributed by atoms with Gasteiger partial charge in [0.05, 0.1) is 19.2 Å². The van der Waals surface area contributed by atoms with Crippen LogP contribution in [0.5, 0.6) is 5.75 Å². The number of ether oxygens (including phenoxy) is 4. The number of rotatable bonds is 14. The van der Waals surface area contributed by atoms with Crippen LogP contribution in [-0.4, -0.2) is 105 Å². The summed E-state index contributed by atoms with van der Waals surface area (Å²) in [5.74, 6) is -3.23. The topological polar surface area (TPSA) is 173 Å². The van der Waals surface area contributed by atoms with Crippen molar-refractivity contribution < 1.29 is 53.2 Å². The van der Waals surface area contributed by atoms with E-state index in [2.05, 4.69) is 5.32 Å². The summed E-state index contributed by atoms with van der Waals surface area (Å²) in [6, 6.07) is 31.0. The number of carbonyl (C=O) groups excluding carboxylic acids is 4. The van der Waals surface area contributed by atoms with E-state index >= 15 is 4.79 Å². The lowest BCUT2D eigenvalue weighted by Crippen LogP contribution is -2.70. The second-order valence-corrected chi connectivity index (χ2v) is 18.8. The number of fused-ring (bicyclic) bond motifs is 4. The Balaban J connectivity index is 1.06. The molecule has 5 fully saturated rings. The highest BCUT2D eigenvalue weighted by atomic mass is 16.8. The zero-order valence-electron chi connectivity index (χ0n) is 37.4. The first-order valence-corrected chi connectivity index (χ1v) is 22.9. The molecule has 4 aromatic carbocycles. The highest BCUT2D eigenvalue weighted by Gasteiger charge is 2.77. The predicted molar refractivity (Wildman–Crippen MR) is 241 cm³/mol. The van der Waals surface area contributed by atoms with E-state index in [9.17, 15) is 24.6 Å². The molecule has 66 heavy (non-hydrogen) atoms. The lowest BCUT2D eigenvalue weighted by atomic mass is 9.62. The Labute approximate surface area is 384 Å². The summed E-state index contributed by atoms with van der Waals surface area (Å²) in [7, 11) is 0. The van der Waals surface area contributed by atoms with Crippen molar-refractivity contribution in [2.45, 2.75) is 120 Å². The fourth-order valence-corrected chi connectivity index (χ4v) is 10.4. The maximum Gasteiger partial charge on any atom is 0.327 e. The number of aliphatic hydroxyl groups excluding tert-OH is 1. The third kappa shape index (κ3) is 8.52. The van der Waals surface area contributed by atoms with Crippen LogP contribution in [0.4, 0.5) is 0 Å². The molecule has 2 bridgehead atoms. The number of hydrogen-bond donors (Lipinski definition) is 3. The molecular formula is C52H57N3O11. The highest BCUT2D eigenvalue weighted by molar-refractivity contribution is 5.96. The molecule has 4 saturated heterocycles. The molecule has 14 heteroatoms.